The van der Waals surface area contributed by atoms with Crippen molar-refractivity contribution in [3.8, 4) is 0 Å². The van der Waals surface area contributed by atoms with Crippen molar-refractivity contribution < 1.29 is 9.59 Å². The molecule has 0 heterocycles. The molecule has 2 amide bonds. The average molecular weight is 338 g/mol. The number of para-hydroxylation sites is 1. The van der Waals surface area contributed by atoms with Crippen LogP contribution in [0.1, 0.15) is 28.7 Å². The second kappa shape index (κ2) is 8.47. The van der Waals surface area contributed by atoms with Gasteiger partial charge in [0.25, 0.3) is 0 Å². The van der Waals surface area contributed by atoms with E-state index in [-0.39, 0.29) is 18.4 Å². The van der Waals surface area contributed by atoms with Gasteiger partial charge in [0, 0.05) is 19.2 Å². The summed E-state index contributed by atoms with van der Waals surface area (Å²) in [7, 11) is 1.67. The maximum absolute atomic E-state index is 12.3. The monoisotopic (exact) mass is 338 g/mol. The number of rotatable bonds is 6. The first-order chi connectivity index (χ1) is 11.9. The number of amides is 2. The third kappa shape index (κ3) is 5.45. The minimum absolute atomic E-state index is 0.0295. The number of likely N-dealkylation sites (N-methyl/N-ethyl adjacent to an activating group) is 1. The van der Waals surface area contributed by atoms with E-state index in [9.17, 15) is 9.59 Å². The normalized spacial score (nSPS) is 10.4. The number of anilines is 1. The lowest BCUT2D eigenvalue weighted by molar-refractivity contribution is -0.133. The Morgan fingerprint density at radius 1 is 1.00 bits per heavy atom. The van der Waals surface area contributed by atoms with Crippen LogP contribution in [-0.4, -0.2) is 30.3 Å². The summed E-state index contributed by atoms with van der Waals surface area (Å²) >= 11 is 0. The van der Waals surface area contributed by atoms with Crippen molar-refractivity contribution in [2.24, 2.45) is 0 Å². The van der Waals surface area contributed by atoms with E-state index in [0.29, 0.717) is 12.8 Å². The highest BCUT2D eigenvalue weighted by Crippen LogP contribution is 2.19. The number of aryl methyl sites for hydroxylation is 4. The van der Waals surface area contributed by atoms with Crippen molar-refractivity contribution in [3.05, 3.63) is 64.7 Å². The Balaban J connectivity index is 1.87. The van der Waals surface area contributed by atoms with Crippen LogP contribution in [0.25, 0.3) is 0 Å². The van der Waals surface area contributed by atoms with Gasteiger partial charge < -0.3 is 10.2 Å². The smallest absolute Gasteiger partial charge is 0.243 e. The topological polar surface area (TPSA) is 49.4 Å². The molecule has 0 bridgehead atoms. The Morgan fingerprint density at radius 2 is 1.64 bits per heavy atom. The molecule has 25 heavy (non-hydrogen) atoms. The summed E-state index contributed by atoms with van der Waals surface area (Å²) in [6.45, 7) is 6.01. The van der Waals surface area contributed by atoms with Gasteiger partial charge in [-0.25, -0.2) is 0 Å². The van der Waals surface area contributed by atoms with Crippen LogP contribution in [-0.2, 0) is 16.0 Å². The van der Waals surface area contributed by atoms with Crippen molar-refractivity contribution in [1.82, 2.24) is 4.90 Å². The van der Waals surface area contributed by atoms with Crippen LogP contribution in [0, 0.1) is 20.8 Å². The van der Waals surface area contributed by atoms with Crippen LogP contribution in [0.4, 0.5) is 5.69 Å². The molecule has 0 fully saturated rings. The standard InChI is InChI=1S/C21H26N2O2/c1-15-7-5-10-18(13-15)11-12-20(25)23(4)14-19(24)22-21-16(2)8-6-9-17(21)3/h5-10,13H,11-12,14H2,1-4H3,(H,22,24). The van der Waals surface area contributed by atoms with Gasteiger partial charge in [-0.3, -0.25) is 9.59 Å². The van der Waals surface area contributed by atoms with E-state index in [1.807, 2.05) is 57.2 Å². The summed E-state index contributed by atoms with van der Waals surface area (Å²) in [4.78, 5) is 26.0. The first-order valence-electron chi connectivity index (χ1n) is 8.52. The Labute approximate surface area is 149 Å². The quantitative estimate of drug-likeness (QED) is 0.874. The Bertz CT molecular complexity index is 748. The van der Waals surface area contributed by atoms with Crippen molar-refractivity contribution in [1.29, 1.82) is 0 Å². The van der Waals surface area contributed by atoms with E-state index in [1.165, 1.54) is 10.5 Å². The number of carbonyl (C=O) groups excluding carboxylic acids is 2. The molecule has 2 aromatic carbocycles. The summed E-state index contributed by atoms with van der Waals surface area (Å²) in [5.41, 5.74) is 5.18. The van der Waals surface area contributed by atoms with E-state index in [1.54, 1.807) is 7.05 Å². The minimum atomic E-state index is -0.177. The van der Waals surface area contributed by atoms with Crippen LogP contribution < -0.4 is 5.32 Å². The second-order valence-electron chi connectivity index (χ2n) is 6.55. The maximum atomic E-state index is 12.3. The maximum Gasteiger partial charge on any atom is 0.243 e. The largest absolute Gasteiger partial charge is 0.336 e. The SMILES string of the molecule is Cc1cccc(CCC(=O)N(C)CC(=O)Nc2c(C)cccc2C)c1. The van der Waals surface area contributed by atoms with Crippen molar-refractivity contribution >= 4 is 17.5 Å². The molecule has 0 aromatic heterocycles. The Hall–Kier alpha value is -2.62. The fourth-order valence-corrected chi connectivity index (χ4v) is 2.80. The third-order valence-corrected chi connectivity index (χ3v) is 4.26. The number of hydrogen-bond donors (Lipinski definition) is 1. The first-order valence-corrected chi connectivity index (χ1v) is 8.52. The summed E-state index contributed by atoms with van der Waals surface area (Å²) in [5.74, 6) is -0.207. The van der Waals surface area contributed by atoms with E-state index in [2.05, 4.69) is 11.4 Å². The zero-order valence-corrected chi connectivity index (χ0v) is 15.4. The number of nitrogens with one attached hydrogen (secondary N) is 1. The molecule has 0 unspecified atom stereocenters. The molecule has 2 aromatic rings. The first kappa shape index (κ1) is 18.7. The summed E-state index contributed by atoms with van der Waals surface area (Å²) in [5, 5.41) is 2.91. The lowest BCUT2D eigenvalue weighted by Crippen LogP contribution is -2.35. The predicted molar refractivity (Wildman–Crippen MR) is 102 cm³/mol. The minimum Gasteiger partial charge on any atom is -0.336 e. The third-order valence-electron chi connectivity index (χ3n) is 4.26. The highest BCUT2D eigenvalue weighted by Gasteiger charge is 2.14. The fraction of sp³-hybridized carbons (Fsp3) is 0.333. The van der Waals surface area contributed by atoms with Gasteiger partial charge in [0.2, 0.25) is 11.8 Å². The molecule has 0 aliphatic heterocycles. The molecule has 0 spiro atoms. The van der Waals surface area contributed by atoms with Crippen LogP contribution in [0.5, 0.6) is 0 Å². The zero-order chi connectivity index (χ0) is 18.4. The summed E-state index contributed by atoms with van der Waals surface area (Å²) in [6, 6.07) is 14.0. The molecule has 0 aliphatic rings. The highest BCUT2D eigenvalue weighted by molar-refractivity contribution is 5.95. The van der Waals surface area contributed by atoms with Gasteiger partial charge >= 0.3 is 0 Å². The van der Waals surface area contributed by atoms with Crippen LogP contribution in [0.2, 0.25) is 0 Å². The number of nitrogens with zero attached hydrogens (tertiary/aromatic N) is 1. The van der Waals surface area contributed by atoms with E-state index < -0.39 is 0 Å². The Kier molecular flexibility index (Phi) is 6.34. The Morgan fingerprint density at radius 3 is 2.28 bits per heavy atom. The van der Waals surface area contributed by atoms with Gasteiger partial charge in [0.1, 0.15) is 0 Å². The van der Waals surface area contributed by atoms with Crippen molar-refractivity contribution in [2.45, 2.75) is 33.6 Å². The molecule has 1 N–H and O–H groups in total. The van der Waals surface area contributed by atoms with Gasteiger partial charge in [0.15, 0.2) is 0 Å². The molecule has 0 radical (unpaired) electrons. The van der Waals surface area contributed by atoms with Crippen molar-refractivity contribution in [3.63, 3.8) is 0 Å². The van der Waals surface area contributed by atoms with Gasteiger partial charge in [-0.05, 0) is 43.9 Å². The van der Waals surface area contributed by atoms with Gasteiger partial charge in [-0.2, -0.15) is 0 Å². The zero-order valence-electron chi connectivity index (χ0n) is 15.4. The van der Waals surface area contributed by atoms with Gasteiger partial charge in [-0.15, -0.1) is 0 Å². The summed E-state index contributed by atoms with van der Waals surface area (Å²) < 4.78 is 0. The number of hydrogen-bond acceptors (Lipinski definition) is 2. The number of benzene rings is 2. The van der Waals surface area contributed by atoms with Crippen LogP contribution in [0.15, 0.2) is 42.5 Å². The van der Waals surface area contributed by atoms with Gasteiger partial charge in [-0.1, -0.05) is 48.0 Å². The fourth-order valence-electron chi connectivity index (χ4n) is 2.80. The average Bonchev–Trinajstić information content (AvgIpc) is 2.56. The van der Waals surface area contributed by atoms with E-state index in [0.717, 1.165) is 22.4 Å². The van der Waals surface area contributed by atoms with Crippen LogP contribution >= 0.6 is 0 Å². The summed E-state index contributed by atoms with van der Waals surface area (Å²) in [6.07, 6.45) is 1.08. The van der Waals surface area contributed by atoms with E-state index in [4.69, 9.17) is 0 Å². The van der Waals surface area contributed by atoms with E-state index >= 15 is 0 Å². The highest BCUT2D eigenvalue weighted by atomic mass is 16.2. The molecule has 0 aliphatic carbocycles. The number of carbonyl (C=O) groups is 2. The molecule has 2 rings (SSSR count). The van der Waals surface area contributed by atoms with Crippen LogP contribution in [0.3, 0.4) is 0 Å². The molecule has 0 saturated heterocycles. The molecular formula is C21H26N2O2. The second-order valence-corrected chi connectivity index (χ2v) is 6.55. The molecule has 4 heteroatoms. The lowest BCUT2D eigenvalue weighted by Gasteiger charge is -2.18. The molecular weight excluding hydrogens is 312 g/mol. The lowest BCUT2D eigenvalue weighted by atomic mass is 10.1. The van der Waals surface area contributed by atoms with Gasteiger partial charge in [0.05, 0.1) is 6.54 Å². The molecule has 4 nitrogen and oxygen atoms in total. The predicted octanol–water partition coefficient (Wildman–Crippen LogP) is 3.64. The molecule has 0 atom stereocenters. The van der Waals surface area contributed by atoms with Crippen molar-refractivity contribution in [2.75, 3.05) is 18.9 Å². The molecule has 132 valence electrons. The molecule has 0 saturated carbocycles.